The molecule has 0 heterocycles. The Balaban J connectivity index is 3.91. The summed E-state index contributed by atoms with van der Waals surface area (Å²) >= 11 is 0. The molecular formula is C6H12N2O2S. The van der Waals surface area contributed by atoms with E-state index in [1.807, 2.05) is 0 Å². The molecule has 0 atom stereocenters. The quantitative estimate of drug-likeness (QED) is 0.578. The zero-order valence-corrected chi connectivity index (χ0v) is 7.14. The minimum Gasteiger partial charge on any atom is -0.402 e. The third-order valence-electron chi connectivity index (χ3n) is 0.824. The first kappa shape index (κ1) is 10.2. The van der Waals surface area contributed by atoms with E-state index in [4.69, 9.17) is 10.9 Å². The maximum Gasteiger partial charge on any atom is 0.212 e. The lowest BCUT2D eigenvalue weighted by molar-refractivity contribution is 0.600. The molecule has 0 fully saturated rings. The van der Waals surface area contributed by atoms with E-state index in [9.17, 15) is 8.42 Å². The van der Waals surface area contributed by atoms with Gasteiger partial charge in [0.05, 0.1) is 5.75 Å². The smallest absolute Gasteiger partial charge is 0.212 e. The summed E-state index contributed by atoms with van der Waals surface area (Å²) in [6, 6.07) is 0. The van der Waals surface area contributed by atoms with Crippen LogP contribution in [0.25, 0.3) is 0 Å². The van der Waals surface area contributed by atoms with Gasteiger partial charge in [-0.05, 0) is 13.0 Å². The molecule has 0 aliphatic heterocycles. The van der Waals surface area contributed by atoms with Crippen LogP contribution in [0.15, 0.2) is 23.9 Å². The molecule has 0 aliphatic carbocycles. The molecule has 4 N–H and O–H groups in total. The van der Waals surface area contributed by atoms with Crippen molar-refractivity contribution in [3.8, 4) is 0 Å². The molecule has 0 unspecified atom stereocenters. The zero-order valence-electron chi connectivity index (χ0n) is 6.32. The third kappa shape index (κ3) is 9.19. The summed E-state index contributed by atoms with van der Waals surface area (Å²) in [5, 5.41) is 4.72. The Bertz CT molecular complexity index is 260. The third-order valence-corrected chi connectivity index (χ3v) is 1.48. The van der Waals surface area contributed by atoms with E-state index in [2.05, 4.69) is 0 Å². The lowest BCUT2D eigenvalue weighted by Gasteiger charge is -1.87. The van der Waals surface area contributed by atoms with E-state index in [1.165, 1.54) is 6.08 Å². The molecular weight excluding hydrogens is 164 g/mol. The Kier molecular flexibility index (Phi) is 3.84. The van der Waals surface area contributed by atoms with Gasteiger partial charge in [0.2, 0.25) is 10.0 Å². The number of primary sulfonamides is 1. The summed E-state index contributed by atoms with van der Waals surface area (Å²) in [6.45, 7) is 1.71. The van der Waals surface area contributed by atoms with Crippen LogP contribution in [0.5, 0.6) is 0 Å². The van der Waals surface area contributed by atoms with Crippen molar-refractivity contribution in [3.63, 3.8) is 0 Å². The van der Waals surface area contributed by atoms with Crippen molar-refractivity contribution in [1.82, 2.24) is 0 Å². The van der Waals surface area contributed by atoms with Gasteiger partial charge in [-0.15, -0.1) is 0 Å². The van der Waals surface area contributed by atoms with Gasteiger partial charge in [-0.1, -0.05) is 12.2 Å². The fourth-order valence-corrected chi connectivity index (χ4v) is 0.789. The lowest BCUT2D eigenvalue weighted by Crippen LogP contribution is -2.14. The number of hydrogen-bond acceptors (Lipinski definition) is 3. The molecule has 0 aromatic carbocycles. The monoisotopic (exact) mass is 176 g/mol. The molecule has 4 nitrogen and oxygen atoms in total. The summed E-state index contributed by atoms with van der Waals surface area (Å²) in [6.07, 6.45) is 4.59. The van der Waals surface area contributed by atoms with Crippen molar-refractivity contribution in [1.29, 1.82) is 0 Å². The molecule has 0 saturated heterocycles. The second kappa shape index (κ2) is 4.15. The number of hydrogen-bond donors (Lipinski definition) is 2. The van der Waals surface area contributed by atoms with E-state index in [-0.39, 0.29) is 5.75 Å². The minimum absolute atomic E-state index is 0.156. The van der Waals surface area contributed by atoms with Crippen LogP contribution < -0.4 is 10.9 Å². The van der Waals surface area contributed by atoms with E-state index in [0.29, 0.717) is 5.70 Å². The molecule has 11 heavy (non-hydrogen) atoms. The lowest BCUT2D eigenvalue weighted by atomic mass is 10.4. The molecule has 0 aromatic rings. The van der Waals surface area contributed by atoms with Gasteiger partial charge in [0.1, 0.15) is 0 Å². The molecule has 0 amide bonds. The molecule has 0 radical (unpaired) electrons. The highest BCUT2D eigenvalue weighted by atomic mass is 32.2. The average molecular weight is 176 g/mol. The van der Waals surface area contributed by atoms with E-state index in [1.54, 1.807) is 19.1 Å². The first-order valence-electron chi connectivity index (χ1n) is 3.01. The van der Waals surface area contributed by atoms with Crippen LogP contribution in [-0.4, -0.2) is 14.2 Å². The molecule has 64 valence electrons. The van der Waals surface area contributed by atoms with Crippen LogP contribution in [0, 0.1) is 0 Å². The predicted molar refractivity (Wildman–Crippen MR) is 45.1 cm³/mol. The standard InChI is InChI=1S/C6H12N2O2S/c1-6(7)4-2-3-5-11(8,9)10/h2-4H,5,7H2,1H3,(H2,8,9,10)/b3-2-,6-4+. The topological polar surface area (TPSA) is 86.2 Å². The molecule has 0 spiro atoms. The van der Waals surface area contributed by atoms with Crippen molar-refractivity contribution < 1.29 is 8.42 Å². The van der Waals surface area contributed by atoms with Crippen LogP contribution in [0.3, 0.4) is 0 Å². The van der Waals surface area contributed by atoms with Crippen molar-refractivity contribution in [2.45, 2.75) is 6.92 Å². The number of allylic oxidation sites excluding steroid dienone is 3. The van der Waals surface area contributed by atoms with Crippen molar-refractivity contribution in [2.75, 3.05) is 5.75 Å². The van der Waals surface area contributed by atoms with Gasteiger partial charge in [-0.25, -0.2) is 13.6 Å². The second-order valence-corrected chi connectivity index (χ2v) is 3.83. The SMILES string of the molecule is C/C(N)=C\C=C/CS(N)(=O)=O. The van der Waals surface area contributed by atoms with Gasteiger partial charge >= 0.3 is 0 Å². The summed E-state index contributed by atoms with van der Waals surface area (Å²) in [4.78, 5) is 0. The molecule has 5 heteroatoms. The maximum atomic E-state index is 10.4. The first-order chi connectivity index (χ1) is 4.92. The summed E-state index contributed by atoms with van der Waals surface area (Å²) in [5.74, 6) is -0.156. The Morgan fingerprint density at radius 1 is 1.55 bits per heavy atom. The van der Waals surface area contributed by atoms with E-state index >= 15 is 0 Å². The average Bonchev–Trinajstić information content (AvgIpc) is 1.78. The van der Waals surface area contributed by atoms with Crippen LogP contribution in [0.1, 0.15) is 6.92 Å². The van der Waals surface area contributed by atoms with Crippen LogP contribution in [0.2, 0.25) is 0 Å². The highest BCUT2D eigenvalue weighted by molar-refractivity contribution is 7.89. The molecule has 0 bridgehead atoms. The van der Waals surface area contributed by atoms with Gasteiger partial charge < -0.3 is 5.73 Å². The largest absolute Gasteiger partial charge is 0.402 e. The Hall–Kier alpha value is -0.810. The fraction of sp³-hybridized carbons (Fsp3) is 0.333. The van der Waals surface area contributed by atoms with Gasteiger partial charge in [0.15, 0.2) is 0 Å². The van der Waals surface area contributed by atoms with Crippen molar-refractivity contribution >= 4 is 10.0 Å². The zero-order chi connectivity index (χ0) is 8.91. The second-order valence-electron chi connectivity index (χ2n) is 2.17. The van der Waals surface area contributed by atoms with Crippen molar-refractivity contribution in [2.24, 2.45) is 10.9 Å². The normalized spacial score (nSPS) is 14.2. The van der Waals surface area contributed by atoms with Gasteiger partial charge in [-0.2, -0.15) is 0 Å². The highest BCUT2D eigenvalue weighted by Gasteiger charge is 1.94. The minimum atomic E-state index is -3.38. The van der Waals surface area contributed by atoms with Gasteiger partial charge in [-0.3, -0.25) is 0 Å². The number of sulfonamides is 1. The molecule has 0 saturated carbocycles. The van der Waals surface area contributed by atoms with Crippen molar-refractivity contribution in [3.05, 3.63) is 23.9 Å². The molecule has 0 aliphatic rings. The summed E-state index contributed by atoms with van der Waals surface area (Å²) in [7, 11) is -3.38. The Labute approximate surface area is 66.6 Å². The van der Waals surface area contributed by atoms with Crippen LogP contribution in [-0.2, 0) is 10.0 Å². The first-order valence-corrected chi connectivity index (χ1v) is 4.73. The van der Waals surface area contributed by atoms with Gasteiger partial charge in [0.25, 0.3) is 0 Å². The fourth-order valence-electron chi connectivity index (χ4n) is 0.410. The number of rotatable bonds is 3. The van der Waals surface area contributed by atoms with Crippen LogP contribution >= 0.6 is 0 Å². The highest BCUT2D eigenvalue weighted by Crippen LogP contribution is 1.84. The van der Waals surface area contributed by atoms with Crippen LogP contribution in [0.4, 0.5) is 0 Å². The molecule has 0 rings (SSSR count). The Morgan fingerprint density at radius 2 is 2.09 bits per heavy atom. The van der Waals surface area contributed by atoms with E-state index < -0.39 is 10.0 Å². The van der Waals surface area contributed by atoms with Gasteiger partial charge in [0, 0.05) is 5.70 Å². The predicted octanol–water partition coefficient (Wildman–Crippen LogP) is -0.306. The summed E-state index contributed by atoms with van der Waals surface area (Å²) in [5.41, 5.74) is 5.89. The van der Waals surface area contributed by atoms with E-state index in [0.717, 1.165) is 0 Å². The maximum absolute atomic E-state index is 10.4. The molecule has 0 aromatic heterocycles. The summed E-state index contributed by atoms with van der Waals surface area (Å²) < 4.78 is 20.7. The number of nitrogens with two attached hydrogens (primary N) is 2. The Morgan fingerprint density at radius 3 is 2.45 bits per heavy atom.